The number of aromatic nitrogens is 2. The molecular formula is C18H19F3N4O2. The van der Waals surface area contributed by atoms with Crippen molar-refractivity contribution in [3.63, 3.8) is 0 Å². The summed E-state index contributed by atoms with van der Waals surface area (Å²) in [7, 11) is 0. The van der Waals surface area contributed by atoms with E-state index in [2.05, 4.69) is 15.3 Å². The van der Waals surface area contributed by atoms with E-state index < -0.39 is 24.4 Å². The third kappa shape index (κ3) is 4.36. The standard InChI is InChI=1S/C18H19F3N4O2/c1-11-8-9-22-16(23-11)12-4-6-13(7-5-12)24-17(27)25-10-2-3-14(25)15(26)18(19,20)21/h4-9,14-15,26H,2-3,10H2,1H3,(H,24,27)/t14-,15-/m1/s1. The van der Waals surface area contributed by atoms with Gasteiger partial charge in [-0.15, -0.1) is 0 Å². The maximum absolute atomic E-state index is 12.8. The molecular weight excluding hydrogens is 361 g/mol. The lowest BCUT2D eigenvalue weighted by atomic mass is 10.1. The lowest BCUT2D eigenvalue weighted by Crippen LogP contribution is -2.50. The van der Waals surface area contributed by atoms with E-state index in [1.807, 2.05) is 6.92 Å². The Hall–Kier alpha value is -2.68. The first-order valence-electron chi connectivity index (χ1n) is 8.48. The van der Waals surface area contributed by atoms with Crippen LogP contribution in [0.4, 0.5) is 23.7 Å². The molecule has 2 N–H and O–H groups in total. The van der Waals surface area contributed by atoms with Crippen LogP contribution in [0.1, 0.15) is 18.5 Å². The number of aliphatic hydroxyl groups is 1. The van der Waals surface area contributed by atoms with Crippen LogP contribution < -0.4 is 5.32 Å². The number of carbonyl (C=O) groups is 1. The second-order valence-corrected chi connectivity index (χ2v) is 6.42. The molecule has 2 aromatic rings. The molecule has 1 aromatic carbocycles. The zero-order chi connectivity index (χ0) is 19.6. The van der Waals surface area contributed by atoms with E-state index in [9.17, 15) is 23.1 Å². The van der Waals surface area contributed by atoms with Gasteiger partial charge in [-0.25, -0.2) is 14.8 Å². The first-order chi connectivity index (χ1) is 12.8. The van der Waals surface area contributed by atoms with Crippen LogP contribution in [-0.4, -0.2) is 50.9 Å². The van der Waals surface area contributed by atoms with Gasteiger partial charge in [0, 0.05) is 29.7 Å². The minimum absolute atomic E-state index is 0.109. The summed E-state index contributed by atoms with van der Waals surface area (Å²) in [5.41, 5.74) is 2.01. The zero-order valence-electron chi connectivity index (χ0n) is 14.6. The Kier molecular flexibility index (Phi) is 5.31. The highest BCUT2D eigenvalue weighted by Gasteiger charge is 2.48. The number of anilines is 1. The molecule has 0 bridgehead atoms. The van der Waals surface area contributed by atoms with E-state index in [1.54, 1.807) is 36.5 Å². The normalized spacial score (nSPS) is 18.4. The van der Waals surface area contributed by atoms with Crippen LogP contribution in [-0.2, 0) is 0 Å². The molecule has 0 spiro atoms. The minimum Gasteiger partial charge on any atom is -0.382 e. The monoisotopic (exact) mass is 380 g/mol. The Labute approximate surface area is 154 Å². The molecule has 0 aliphatic carbocycles. The van der Waals surface area contributed by atoms with Crippen molar-refractivity contribution in [3.8, 4) is 11.4 Å². The number of hydrogen-bond donors (Lipinski definition) is 2. The number of urea groups is 1. The van der Waals surface area contributed by atoms with Gasteiger partial charge in [-0.3, -0.25) is 0 Å². The summed E-state index contributed by atoms with van der Waals surface area (Å²) in [5.74, 6) is 0.542. The summed E-state index contributed by atoms with van der Waals surface area (Å²) in [6, 6.07) is 6.53. The van der Waals surface area contributed by atoms with Crippen LogP contribution in [0.3, 0.4) is 0 Å². The molecule has 0 saturated carbocycles. The average Bonchev–Trinajstić information content (AvgIpc) is 3.10. The number of carbonyl (C=O) groups excluding carboxylic acids is 1. The highest BCUT2D eigenvalue weighted by molar-refractivity contribution is 5.90. The molecule has 0 radical (unpaired) electrons. The molecule has 6 nitrogen and oxygen atoms in total. The number of nitrogens with one attached hydrogen (secondary N) is 1. The Morgan fingerprint density at radius 2 is 2.00 bits per heavy atom. The van der Waals surface area contributed by atoms with Crippen LogP contribution in [0.2, 0.25) is 0 Å². The molecule has 144 valence electrons. The molecule has 27 heavy (non-hydrogen) atoms. The third-order valence-electron chi connectivity index (χ3n) is 4.45. The SMILES string of the molecule is Cc1ccnc(-c2ccc(NC(=O)N3CCC[C@@H]3[C@@H](O)C(F)(F)F)cc2)n1. The number of benzene rings is 1. The Balaban J connectivity index is 1.69. The number of nitrogens with zero attached hydrogens (tertiary/aromatic N) is 3. The van der Waals surface area contributed by atoms with Crippen molar-refractivity contribution in [2.45, 2.75) is 38.1 Å². The molecule has 9 heteroatoms. The van der Waals surface area contributed by atoms with Gasteiger partial charge in [-0.05, 0) is 50.1 Å². The van der Waals surface area contributed by atoms with Gasteiger partial charge in [-0.2, -0.15) is 13.2 Å². The number of aliphatic hydroxyl groups excluding tert-OH is 1. The number of likely N-dealkylation sites (tertiary alicyclic amines) is 1. The minimum atomic E-state index is -4.76. The van der Waals surface area contributed by atoms with Crippen molar-refractivity contribution in [2.24, 2.45) is 0 Å². The topological polar surface area (TPSA) is 78.4 Å². The van der Waals surface area contributed by atoms with Gasteiger partial charge < -0.3 is 15.3 Å². The second kappa shape index (κ2) is 7.51. The number of amides is 2. The first kappa shape index (κ1) is 19.1. The maximum atomic E-state index is 12.8. The molecule has 1 saturated heterocycles. The number of halogens is 3. The average molecular weight is 380 g/mol. The van der Waals surface area contributed by atoms with Crippen molar-refractivity contribution < 1.29 is 23.1 Å². The molecule has 0 unspecified atom stereocenters. The second-order valence-electron chi connectivity index (χ2n) is 6.42. The third-order valence-corrected chi connectivity index (χ3v) is 4.45. The van der Waals surface area contributed by atoms with Crippen molar-refractivity contribution >= 4 is 11.7 Å². The van der Waals surface area contributed by atoms with Gasteiger partial charge in [0.15, 0.2) is 11.9 Å². The quantitative estimate of drug-likeness (QED) is 0.856. The van der Waals surface area contributed by atoms with Gasteiger partial charge in [-0.1, -0.05) is 0 Å². The Bertz CT molecular complexity index is 811. The molecule has 2 amide bonds. The smallest absolute Gasteiger partial charge is 0.382 e. The van der Waals surface area contributed by atoms with Crippen molar-refractivity contribution in [2.75, 3.05) is 11.9 Å². The van der Waals surface area contributed by atoms with Crippen LogP contribution in [0.15, 0.2) is 36.5 Å². The summed E-state index contributed by atoms with van der Waals surface area (Å²) < 4.78 is 38.3. The number of rotatable bonds is 3. The highest BCUT2D eigenvalue weighted by Crippen LogP contribution is 2.31. The number of aryl methyl sites for hydroxylation is 1. The zero-order valence-corrected chi connectivity index (χ0v) is 14.6. The van der Waals surface area contributed by atoms with Gasteiger partial charge in [0.2, 0.25) is 0 Å². The van der Waals surface area contributed by atoms with Crippen LogP contribution in [0, 0.1) is 6.92 Å². The molecule has 2 atom stereocenters. The van der Waals surface area contributed by atoms with Crippen molar-refractivity contribution in [1.82, 2.24) is 14.9 Å². The molecule has 2 heterocycles. The van der Waals surface area contributed by atoms with Gasteiger partial charge in [0.25, 0.3) is 0 Å². The summed E-state index contributed by atoms with van der Waals surface area (Å²) in [6.45, 7) is 2.01. The summed E-state index contributed by atoms with van der Waals surface area (Å²) in [5, 5.41) is 12.1. The first-order valence-corrected chi connectivity index (χ1v) is 8.48. The largest absolute Gasteiger partial charge is 0.416 e. The van der Waals surface area contributed by atoms with E-state index in [4.69, 9.17) is 0 Å². The number of hydrogen-bond acceptors (Lipinski definition) is 4. The summed E-state index contributed by atoms with van der Waals surface area (Å²) >= 11 is 0. The Morgan fingerprint density at radius 3 is 2.63 bits per heavy atom. The lowest BCUT2D eigenvalue weighted by molar-refractivity contribution is -0.216. The number of alkyl halides is 3. The van der Waals surface area contributed by atoms with Gasteiger partial charge in [0.1, 0.15) is 0 Å². The molecule has 1 aromatic heterocycles. The summed E-state index contributed by atoms with van der Waals surface area (Å²) in [4.78, 5) is 21.9. The fourth-order valence-corrected chi connectivity index (χ4v) is 3.08. The summed E-state index contributed by atoms with van der Waals surface area (Å²) in [6.07, 6.45) is -5.14. The fourth-order valence-electron chi connectivity index (χ4n) is 3.08. The Morgan fingerprint density at radius 1 is 1.30 bits per heavy atom. The van der Waals surface area contributed by atoms with E-state index in [0.717, 1.165) is 16.2 Å². The van der Waals surface area contributed by atoms with Gasteiger partial charge in [0.05, 0.1) is 6.04 Å². The van der Waals surface area contributed by atoms with E-state index in [-0.39, 0.29) is 13.0 Å². The highest BCUT2D eigenvalue weighted by atomic mass is 19.4. The molecule has 1 aliphatic heterocycles. The van der Waals surface area contributed by atoms with Crippen molar-refractivity contribution in [3.05, 3.63) is 42.2 Å². The fraction of sp³-hybridized carbons (Fsp3) is 0.389. The van der Waals surface area contributed by atoms with Crippen LogP contribution in [0.5, 0.6) is 0 Å². The molecule has 1 aliphatic rings. The van der Waals surface area contributed by atoms with Crippen molar-refractivity contribution in [1.29, 1.82) is 0 Å². The van der Waals surface area contributed by atoms with E-state index in [1.165, 1.54) is 0 Å². The van der Waals surface area contributed by atoms with E-state index in [0.29, 0.717) is 17.9 Å². The van der Waals surface area contributed by atoms with Crippen LogP contribution in [0.25, 0.3) is 11.4 Å². The molecule has 1 fully saturated rings. The predicted molar refractivity (Wildman–Crippen MR) is 93.0 cm³/mol. The lowest BCUT2D eigenvalue weighted by Gasteiger charge is -2.29. The maximum Gasteiger partial charge on any atom is 0.416 e. The van der Waals surface area contributed by atoms with E-state index >= 15 is 0 Å². The molecule has 3 rings (SSSR count). The predicted octanol–water partition coefficient (Wildman–Crippen LogP) is 3.37. The van der Waals surface area contributed by atoms with Crippen LogP contribution >= 0.6 is 0 Å². The van der Waals surface area contributed by atoms with Gasteiger partial charge >= 0.3 is 12.2 Å².